The van der Waals surface area contributed by atoms with Gasteiger partial charge in [0, 0.05) is 13.0 Å². The summed E-state index contributed by atoms with van der Waals surface area (Å²) in [5, 5.41) is 20.3. The fraction of sp³-hybridized carbons (Fsp3) is 0.900. The number of aliphatic hydroxyl groups is 2. The van der Waals surface area contributed by atoms with Crippen molar-refractivity contribution >= 4 is 5.78 Å². The normalized spacial score (nSPS) is 42.5. The second kappa shape index (κ2) is 10.1. The van der Waals surface area contributed by atoms with Crippen LogP contribution in [-0.2, 0) is 4.79 Å². The molecule has 3 fully saturated rings. The zero-order valence-corrected chi connectivity index (χ0v) is 21.7. The lowest BCUT2D eigenvalue weighted by molar-refractivity contribution is -0.135. The van der Waals surface area contributed by atoms with E-state index in [0.29, 0.717) is 36.1 Å². The van der Waals surface area contributed by atoms with Crippen molar-refractivity contribution in [1.29, 1.82) is 0 Å². The van der Waals surface area contributed by atoms with Crippen LogP contribution in [-0.4, -0.2) is 28.2 Å². The summed E-state index contributed by atoms with van der Waals surface area (Å²) in [7, 11) is 0. The fourth-order valence-corrected chi connectivity index (χ4v) is 8.82. The Balaban J connectivity index is 1.43. The lowest BCUT2D eigenvalue weighted by Gasteiger charge is -2.61. The van der Waals surface area contributed by atoms with E-state index in [9.17, 15) is 9.90 Å². The van der Waals surface area contributed by atoms with Gasteiger partial charge in [0.2, 0.25) is 0 Å². The Morgan fingerprint density at radius 1 is 0.879 bits per heavy atom. The van der Waals surface area contributed by atoms with Gasteiger partial charge in [0.05, 0.1) is 5.60 Å². The SMILES string of the molecule is CC1(O)CC[C@H]2[C@@H]3C(CCCCCCCCCCO)CC4=CC(=O)CC[C@]4(C)[C@@H]3CC[C@@]21C. The average molecular weight is 459 g/mol. The first kappa shape index (κ1) is 25.4. The molecule has 188 valence electrons. The molecular weight excluding hydrogens is 408 g/mol. The van der Waals surface area contributed by atoms with Crippen LogP contribution in [0, 0.1) is 34.5 Å². The van der Waals surface area contributed by atoms with Gasteiger partial charge >= 0.3 is 0 Å². The van der Waals surface area contributed by atoms with Crippen LogP contribution in [0.25, 0.3) is 0 Å². The minimum atomic E-state index is -0.525. The van der Waals surface area contributed by atoms with Crippen LogP contribution in [0.3, 0.4) is 0 Å². The molecule has 0 spiro atoms. The highest BCUT2D eigenvalue weighted by Crippen LogP contribution is 2.69. The summed E-state index contributed by atoms with van der Waals surface area (Å²) in [5.41, 5.74) is 1.22. The van der Waals surface area contributed by atoms with Gasteiger partial charge < -0.3 is 10.2 Å². The van der Waals surface area contributed by atoms with Crippen molar-refractivity contribution in [3.8, 4) is 0 Å². The summed E-state index contributed by atoms with van der Waals surface area (Å²) in [5.74, 6) is 3.08. The molecule has 4 rings (SSSR count). The van der Waals surface area contributed by atoms with Gasteiger partial charge in [-0.1, -0.05) is 64.4 Å². The molecule has 0 saturated heterocycles. The lowest BCUT2D eigenvalue weighted by Crippen LogP contribution is -2.56. The zero-order chi connectivity index (χ0) is 23.7. The predicted molar refractivity (Wildman–Crippen MR) is 135 cm³/mol. The van der Waals surface area contributed by atoms with Crippen LogP contribution < -0.4 is 0 Å². The first-order chi connectivity index (χ1) is 15.7. The Bertz CT molecular complexity index is 724. The predicted octanol–water partition coefficient (Wildman–Crippen LogP) is 7.00. The standard InChI is InChI=1S/C30H50O3/c1-28-16-13-24(32)21-23(28)20-22(12-10-8-6-4-5-7-9-11-19-31)27-25(28)14-17-29(2)26(27)15-18-30(29,3)33/h21-22,25-27,31,33H,4-20H2,1-3H3/t22?,25-,26+,27-,28+,29+,30?/m1/s1. The van der Waals surface area contributed by atoms with Crippen LogP contribution in [0.1, 0.15) is 124 Å². The Morgan fingerprint density at radius 2 is 1.52 bits per heavy atom. The third-order valence-electron chi connectivity index (χ3n) is 11.2. The second-order valence-electron chi connectivity index (χ2n) is 12.9. The molecule has 3 heteroatoms. The molecule has 2 N–H and O–H groups in total. The lowest BCUT2D eigenvalue weighted by atomic mass is 9.44. The Kier molecular flexibility index (Phi) is 7.81. The van der Waals surface area contributed by atoms with Gasteiger partial charge in [-0.25, -0.2) is 0 Å². The third kappa shape index (κ3) is 4.75. The maximum Gasteiger partial charge on any atom is 0.155 e. The number of ketones is 1. The number of rotatable bonds is 10. The maximum atomic E-state index is 12.3. The van der Waals surface area contributed by atoms with E-state index >= 15 is 0 Å². The smallest absolute Gasteiger partial charge is 0.155 e. The number of carbonyl (C=O) groups excluding carboxylic acids is 1. The van der Waals surface area contributed by atoms with Gasteiger partial charge in [0.1, 0.15) is 0 Å². The molecule has 3 nitrogen and oxygen atoms in total. The van der Waals surface area contributed by atoms with Crippen molar-refractivity contribution < 1.29 is 15.0 Å². The summed E-state index contributed by atoms with van der Waals surface area (Å²) >= 11 is 0. The maximum absolute atomic E-state index is 12.3. The van der Waals surface area contributed by atoms with E-state index in [1.807, 2.05) is 0 Å². The number of hydrogen-bond donors (Lipinski definition) is 2. The minimum Gasteiger partial charge on any atom is -0.396 e. The molecule has 3 saturated carbocycles. The monoisotopic (exact) mass is 458 g/mol. The molecule has 33 heavy (non-hydrogen) atoms. The number of unbranched alkanes of at least 4 members (excludes halogenated alkanes) is 7. The Labute approximate surface area is 202 Å². The number of carbonyl (C=O) groups is 1. The third-order valence-corrected chi connectivity index (χ3v) is 11.2. The highest BCUT2D eigenvalue weighted by Gasteiger charge is 2.64. The first-order valence-corrected chi connectivity index (χ1v) is 14.3. The Morgan fingerprint density at radius 3 is 2.21 bits per heavy atom. The van der Waals surface area contributed by atoms with Crippen molar-refractivity contribution in [2.75, 3.05) is 6.61 Å². The summed E-state index contributed by atoms with van der Waals surface area (Å²) in [6.45, 7) is 7.32. The van der Waals surface area contributed by atoms with Gasteiger partial charge in [0.25, 0.3) is 0 Å². The highest BCUT2D eigenvalue weighted by atomic mass is 16.3. The van der Waals surface area contributed by atoms with E-state index in [4.69, 9.17) is 5.11 Å². The summed E-state index contributed by atoms with van der Waals surface area (Å²) < 4.78 is 0. The molecule has 2 unspecified atom stereocenters. The topological polar surface area (TPSA) is 57.5 Å². The van der Waals surface area contributed by atoms with Gasteiger partial charge in [-0.15, -0.1) is 0 Å². The molecule has 0 amide bonds. The quantitative estimate of drug-likeness (QED) is 0.347. The highest BCUT2D eigenvalue weighted by molar-refractivity contribution is 5.91. The number of aliphatic hydroxyl groups excluding tert-OH is 1. The summed E-state index contributed by atoms with van der Waals surface area (Å²) in [6, 6.07) is 0. The fourth-order valence-electron chi connectivity index (χ4n) is 8.82. The average Bonchev–Trinajstić information content (AvgIpc) is 3.02. The number of fused-ring (bicyclic) bond motifs is 5. The van der Waals surface area contributed by atoms with E-state index in [2.05, 4.69) is 26.8 Å². The van der Waals surface area contributed by atoms with Crippen molar-refractivity contribution in [3.63, 3.8) is 0 Å². The van der Waals surface area contributed by atoms with Gasteiger partial charge in [0.15, 0.2) is 5.78 Å². The molecule has 0 radical (unpaired) electrons. The number of allylic oxidation sites excluding steroid dienone is 1. The van der Waals surface area contributed by atoms with E-state index in [1.165, 1.54) is 63.4 Å². The Hall–Kier alpha value is -0.670. The van der Waals surface area contributed by atoms with Gasteiger partial charge in [-0.3, -0.25) is 4.79 Å². The van der Waals surface area contributed by atoms with Crippen molar-refractivity contribution in [1.82, 2.24) is 0 Å². The van der Waals surface area contributed by atoms with Crippen LogP contribution in [0.5, 0.6) is 0 Å². The summed E-state index contributed by atoms with van der Waals surface area (Å²) in [4.78, 5) is 12.3. The molecule has 7 atom stereocenters. The molecular formula is C30H50O3. The largest absolute Gasteiger partial charge is 0.396 e. The summed E-state index contributed by atoms with van der Waals surface area (Å²) in [6.07, 6.45) is 20.7. The molecule has 0 bridgehead atoms. The molecule has 4 aliphatic carbocycles. The van der Waals surface area contributed by atoms with Crippen molar-refractivity contribution in [3.05, 3.63) is 11.6 Å². The van der Waals surface area contributed by atoms with Crippen molar-refractivity contribution in [2.45, 2.75) is 129 Å². The molecule has 4 aliphatic rings. The van der Waals surface area contributed by atoms with E-state index in [0.717, 1.165) is 44.9 Å². The van der Waals surface area contributed by atoms with Crippen LogP contribution in [0.4, 0.5) is 0 Å². The van der Waals surface area contributed by atoms with Crippen LogP contribution >= 0.6 is 0 Å². The van der Waals surface area contributed by atoms with E-state index < -0.39 is 5.60 Å². The first-order valence-electron chi connectivity index (χ1n) is 14.3. The van der Waals surface area contributed by atoms with Crippen molar-refractivity contribution in [2.24, 2.45) is 34.5 Å². The number of hydrogen-bond acceptors (Lipinski definition) is 3. The minimum absolute atomic E-state index is 0.0586. The zero-order valence-electron chi connectivity index (χ0n) is 21.7. The van der Waals surface area contributed by atoms with E-state index in [-0.39, 0.29) is 10.8 Å². The molecule has 0 aromatic carbocycles. The molecule has 0 heterocycles. The van der Waals surface area contributed by atoms with Gasteiger partial charge in [-0.2, -0.15) is 0 Å². The second-order valence-corrected chi connectivity index (χ2v) is 12.9. The van der Waals surface area contributed by atoms with E-state index in [1.54, 1.807) is 0 Å². The molecule has 0 aliphatic heterocycles. The van der Waals surface area contributed by atoms with Gasteiger partial charge in [-0.05, 0) is 98.9 Å². The molecule has 0 aromatic heterocycles. The molecule has 0 aromatic rings. The van der Waals surface area contributed by atoms with Crippen LogP contribution in [0.15, 0.2) is 11.6 Å². The van der Waals surface area contributed by atoms with Crippen LogP contribution in [0.2, 0.25) is 0 Å².